The first-order chi connectivity index (χ1) is 13.6. The highest BCUT2D eigenvalue weighted by Crippen LogP contribution is 2.29. The van der Waals surface area contributed by atoms with Crippen LogP contribution >= 0.6 is 0 Å². The number of ether oxygens (including phenoxy) is 1. The summed E-state index contributed by atoms with van der Waals surface area (Å²) in [4.78, 5) is 25.7. The second-order valence-corrected chi connectivity index (χ2v) is 8.78. The second kappa shape index (κ2) is 9.85. The summed E-state index contributed by atoms with van der Waals surface area (Å²) in [6.45, 7) is 1.65. The first-order valence-corrected chi connectivity index (χ1v) is 10.6. The van der Waals surface area contributed by atoms with E-state index in [1.807, 2.05) is 19.0 Å². The molecule has 1 aromatic carbocycles. The van der Waals surface area contributed by atoms with Crippen LogP contribution in [-0.4, -0.2) is 82.7 Å². The molecule has 1 saturated heterocycles. The second-order valence-electron chi connectivity index (χ2n) is 7.01. The van der Waals surface area contributed by atoms with Crippen molar-refractivity contribution in [2.75, 3.05) is 52.7 Å². The molecule has 1 fully saturated rings. The van der Waals surface area contributed by atoms with Gasteiger partial charge >= 0.3 is 6.09 Å². The molecule has 2 N–H and O–H groups in total. The fourth-order valence-corrected chi connectivity index (χ4v) is 4.03. The summed E-state index contributed by atoms with van der Waals surface area (Å²) >= 11 is 0. The first kappa shape index (κ1) is 22.8. The zero-order valence-corrected chi connectivity index (χ0v) is 17.6. The summed E-state index contributed by atoms with van der Waals surface area (Å²) in [5, 5.41) is 14.6. The third-order valence-electron chi connectivity index (χ3n) is 4.61. The van der Waals surface area contributed by atoms with Crippen molar-refractivity contribution in [3.05, 3.63) is 28.3 Å². The Labute approximate surface area is 170 Å². The predicted octanol–water partition coefficient (Wildman–Crippen LogP) is 1.08. The minimum Gasteiger partial charge on any atom is -0.453 e. The predicted molar refractivity (Wildman–Crippen MR) is 107 cm³/mol. The van der Waals surface area contributed by atoms with Crippen LogP contribution in [0.5, 0.6) is 0 Å². The van der Waals surface area contributed by atoms with Crippen LogP contribution in [0.3, 0.4) is 0 Å². The zero-order chi connectivity index (χ0) is 21.6. The number of benzene rings is 1. The van der Waals surface area contributed by atoms with E-state index in [0.29, 0.717) is 32.5 Å². The lowest BCUT2D eigenvalue weighted by Crippen LogP contribution is -2.42. The number of likely N-dealkylation sites (tertiary alicyclic amines) is 1. The van der Waals surface area contributed by atoms with Crippen molar-refractivity contribution in [1.82, 2.24) is 14.5 Å². The van der Waals surface area contributed by atoms with Gasteiger partial charge in [-0.2, -0.15) is 0 Å². The lowest BCUT2D eigenvalue weighted by molar-refractivity contribution is -0.384. The molecule has 1 aromatic rings. The van der Waals surface area contributed by atoms with Gasteiger partial charge in [0.1, 0.15) is 5.69 Å². The molecule has 12 heteroatoms. The van der Waals surface area contributed by atoms with Crippen molar-refractivity contribution in [2.45, 2.75) is 23.8 Å². The molecular formula is C17H27N5O6S. The fraction of sp³-hybridized carbons (Fsp3) is 0.588. The van der Waals surface area contributed by atoms with Gasteiger partial charge in [-0.15, -0.1) is 0 Å². The van der Waals surface area contributed by atoms with Crippen molar-refractivity contribution in [1.29, 1.82) is 0 Å². The normalized spacial score (nSPS) is 15.4. The van der Waals surface area contributed by atoms with E-state index in [1.165, 1.54) is 19.2 Å². The number of piperidine rings is 1. The Kier molecular flexibility index (Phi) is 7.76. The van der Waals surface area contributed by atoms with Gasteiger partial charge in [-0.3, -0.25) is 10.1 Å². The molecular weight excluding hydrogens is 402 g/mol. The number of likely N-dealkylation sites (N-methyl/N-ethyl adjacent to an activating group) is 1. The number of methoxy groups -OCH3 is 1. The quantitative estimate of drug-likeness (QED) is 0.463. The molecule has 1 amide bonds. The number of nitro groups is 1. The van der Waals surface area contributed by atoms with Crippen LogP contribution < -0.4 is 10.0 Å². The highest BCUT2D eigenvalue weighted by Gasteiger charge is 2.26. The van der Waals surface area contributed by atoms with Crippen molar-refractivity contribution in [2.24, 2.45) is 0 Å². The number of sulfonamides is 1. The molecule has 0 saturated carbocycles. The van der Waals surface area contributed by atoms with Gasteiger partial charge in [-0.05, 0) is 39.1 Å². The van der Waals surface area contributed by atoms with Crippen molar-refractivity contribution >= 4 is 27.5 Å². The molecule has 29 heavy (non-hydrogen) atoms. The van der Waals surface area contributed by atoms with Crippen LogP contribution in [0.2, 0.25) is 0 Å². The number of amides is 1. The number of carbonyl (C=O) groups excluding carboxylic acids is 1. The van der Waals surface area contributed by atoms with E-state index < -0.39 is 21.0 Å². The van der Waals surface area contributed by atoms with E-state index in [0.717, 1.165) is 6.07 Å². The molecule has 0 spiro atoms. The van der Waals surface area contributed by atoms with Crippen LogP contribution in [0.4, 0.5) is 16.2 Å². The first-order valence-electron chi connectivity index (χ1n) is 9.16. The maximum absolute atomic E-state index is 12.4. The Morgan fingerprint density at radius 3 is 2.55 bits per heavy atom. The van der Waals surface area contributed by atoms with Crippen LogP contribution in [0.15, 0.2) is 23.1 Å². The van der Waals surface area contributed by atoms with Gasteiger partial charge in [0.15, 0.2) is 0 Å². The summed E-state index contributed by atoms with van der Waals surface area (Å²) in [6, 6.07) is 3.74. The Morgan fingerprint density at radius 1 is 1.34 bits per heavy atom. The number of nitrogens with zero attached hydrogens (tertiary/aromatic N) is 3. The summed E-state index contributed by atoms with van der Waals surface area (Å²) in [7, 11) is 1.10. The Bertz CT molecular complexity index is 837. The van der Waals surface area contributed by atoms with Gasteiger partial charge in [0.2, 0.25) is 10.0 Å². The molecule has 0 radical (unpaired) electrons. The van der Waals surface area contributed by atoms with E-state index >= 15 is 0 Å². The maximum Gasteiger partial charge on any atom is 0.409 e. The number of nitro benzene ring substituents is 1. The topological polar surface area (TPSA) is 134 Å². The number of rotatable bonds is 8. The number of carbonyl (C=O) groups is 1. The number of hydrogen-bond donors (Lipinski definition) is 2. The van der Waals surface area contributed by atoms with Crippen LogP contribution in [0.1, 0.15) is 12.8 Å². The maximum atomic E-state index is 12.4. The average Bonchev–Trinajstić information content (AvgIpc) is 2.67. The number of hydrogen-bond acceptors (Lipinski definition) is 8. The minimum atomic E-state index is -3.85. The van der Waals surface area contributed by atoms with Crippen molar-refractivity contribution in [3.8, 4) is 0 Å². The zero-order valence-electron chi connectivity index (χ0n) is 16.8. The fourth-order valence-electron chi connectivity index (χ4n) is 2.99. The minimum absolute atomic E-state index is 0.0738. The lowest BCUT2D eigenvalue weighted by atomic mass is 10.0. The van der Waals surface area contributed by atoms with E-state index in [-0.39, 0.29) is 28.9 Å². The smallest absolute Gasteiger partial charge is 0.409 e. The molecule has 0 unspecified atom stereocenters. The van der Waals surface area contributed by atoms with Crippen LogP contribution in [0.25, 0.3) is 0 Å². The monoisotopic (exact) mass is 429 g/mol. The molecule has 0 aromatic heterocycles. The summed E-state index contributed by atoms with van der Waals surface area (Å²) in [5.74, 6) is 0. The van der Waals surface area contributed by atoms with E-state index in [1.54, 1.807) is 4.90 Å². The largest absolute Gasteiger partial charge is 0.453 e. The molecule has 2 rings (SSSR count). The third-order valence-corrected chi connectivity index (χ3v) is 6.07. The van der Waals surface area contributed by atoms with Gasteiger partial charge in [0.05, 0.1) is 16.9 Å². The Morgan fingerprint density at radius 2 is 2.00 bits per heavy atom. The van der Waals surface area contributed by atoms with Crippen LogP contribution in [-0.2, 0) is 14.8 Å². The van der Waals surface area contributed by atoms with Crippen molar-refractivity contribution in [3.63, 3.8) is 0 Å². The van der Waals surface area contributed by atoms with E-state index in [2.05, 4.69) is 10.0 Å². The van der Waals surface area contributed by atoms with E-state index in [9.17, 15) is 23.3 Å². The molecule has 1 aliphatic rings. The molecule has 0 bridgehead atoms. The molecule has 162 valence electrons. The number of anilines is 1. The lowest BCUT2D eigenvalue weighted by Gasteiger charge is -2.31. The summed E-state index contributed by atoms with van der Waals surface area (Å²) < 4.78 is 31.9. The van der Waals surface area contributed by atoms with Gasteiger partial charge < -0.3 is 19.9 Å². The summed E-state index contributed by atoms with van der Waals surface area (Å²) in [5.41, 5.74) is -0.0605. The highest BCUT2D eigenvalue weighted by atomic mass is 32.2. The standard InChI is InChI=1S/C17H27N5O6S/c1-20(2)11-8-18-29(26,27)14-4-5-15(16(12-14)22(24)25)19-13-6-9-21(10-7-13)17(23)28-3/h4-5,12-13,18-19H,6-11H2,1-3H3. The molecule has 0 atom stereocenters. The van der Waals surface area contributed by atoms with E-state index in [4.69, 9.17) is 4.74 Å². The van der Waals surface area contributed by atoms with Crippen LogP contribution in [0, 0.1) is 10.1 Å². The third kappa shape index (κ3) is 6.27. The van der Waals surface area contributed by atoms with Gasteiger partial charge in [-0.25, -0.2) is 17.9 Å². The molecule has 11 nitrogen and oxygen atoms in total. The van der Waals surface area contributed by atoms with Gasteiger partial charge in [0.25, 0.3) is 5.69 Å². The molecule has 0 aliphatic carbocycles. The Balaban J connectivity index is 2.10. The average molecular weight is 429 g/mol. The van der Waals surface area contributed by atoms with Crippen molar-refractivity contribution < 1.29 is 22.9 Å². The molecule has 1 aliphatic heterocycles. The number of nitrogens with one attached hydrogen (secondary N) is 2. The highest BCUT2D eigenvalue weighted by molar-refractivity contribution is 7.89. The Hall–Kier alpha value is -2.44. The summed E-state index contributed by atoms with van der Waals surface area (Å²) in [6.07, 6.45) is 0.794. The SMILES string of the molecule is COC(=O)N1CCC(Nc2ccc(S(=O)(=O)NCCN(C)C)cc2[N+](=O)[O-])CC1. The van der Waals surface area contributed by atoms with Gasteiger partial charge in [0, 0.05) is 38.3 Å². The molecule has 1 heterocycles. The van der Waals surface area contributed by atoms with Gasteiger partial charge in [-0.1, -0.05) is 0 Å².